The molecule has 1 aromatic carbocycles. The summed E-state index contributed by atoms with van der Waals surface area (Å²) in [7, 11) is 1.74. The van der Waals surface area contributed by atoms with Crippen molar-refractivity contribution in [3.05, 3.63) is 54.4 Å². The van der Waals surface area contributed by atoms with E-state index in [1.165, 1.54) is 28.1 Å². The normalized spacial score (nSPS) is 12.9. The molecule has 1 aliphatic rings. The summed E-state index contributed by atoms with van der Waals surface area (Å²) in [5, 5.41) is 0. The molecule has 0 unspecified atom stereocenters. The van der Waals surface area contributed by atoms with Crippen LogP contribution in [0, 0.1) is 6.92 Å². The third-order valence-corrected chi connectivity index (χ3v) is 4.25. The molecule has 0 bridgehead atoms. The van der Waals surface area contributed by atoms with Crippen molar-refractivity contribution in [1.29, 1.82) is 0 Å². The van der Waals surface area contributed by atoms with Crippen molar-refractivity contribution in [3.8, 4) is 28.3 Å². The molecule has 0 saturated heterocycles. The van der Waals surface area contributed by atoms with E-state index in [9.17, 15) is 0 Å². The van der Waals surface area contributed by atoms with Crippen LogP contribution in [0.5, 0.6) is 5.75 Å². The topological polar surface area (TPSA) is 19.1 Å². The van der Waals surface area contributed by atoms with Crippen LogP contribution in [-0.4, -0.2) is 16.2 Å². The number of nitrogens with zero attached hydrogens (tertiary/aromatic N) is 2. The van der Waals surface area contributed by atoms with Crippen molar-refractivity contribution in [3.63, 3.8) is 0 Å². The zero-order valence-electron chi connectivity index (χ0n) is 12.3. The zero-order valence-corrected chi connectivity index (χ0v) is 12.3. The number of ether oxygens (including phenoxy) is 1. The largest absolute Gasteiger partial charge is 0.494 e. The van der Waals surface area contributed by atoms with Gasteiger partial charge in [-0.05, 0) is 24.6 Å². The molecule has 106 valence electrons. The lowest BCUT2D eigenvalue weighted by Crippen LogP contribution is -2.14. The molecule has 0 saturated carbocycles. The van der Waals surface area contributed by atoms with Gasteiger partial charge in [-0.1, -0.05) is 29.8 Å². The summed E-state index contributed by atoms with van der Waals surface area (Å²) < 4.78 is 10.1. The highest BCUT2D eigenvalue weighted by Crippen LogP contribution is 2.37. The quantitative estimate of drug-likeness (QED) is 0.694. The van der Waals surface area contributed by atoms with Gasteiger partial charge in [0.1, 0.15) is 11.4 Å². The highest BCUT2D eigenvalue weighted by molar-refractivity contribution is 5.74. The Morgan fingerprint density at radius 2 is 1.71 bits per heavy atom. The lowest BCUT2D eigenvalue weighted by Gasteiger charge is -2.19. The molecule has 3 aromatic rings. The molecule has 21 heavy (non-hydrogen) atoms. The van der Waals surface area contributed by atoms with Crippen LogP contribution in [0.3, 0.4) is 0 Å². The maximum Gasteiger partial charge on any atom is 0.146 e. The fourth-order valence-electron chi connectivity index (χ4n) is 3.09. The molecular formula is C18H18N2O. The fraction of sp³-hybridized carbons (Fsp3) is 0.222. The van der Waals surface area contributed by atoms with Crippen LogP contribution < -0.4 is 4.74 Å². The number of aryl methyl sites for hydroxylation is 3. The first kappa shape index (κ1) is 12.3. The van der Waals surface area contributed by atoms with Crippen LogP contribution in [0.25, 0.3) is 22.5 Å². The molecule has 0 fully saturated rings. The number of fused-ring (bicyclic) bond motifs is 3. The summed E-state index contributed by atoms with van der Waals surface area (Å²) >= 11 is 0. The average Bonchev–Trinajstić information content (AvgIpc) is 3.10. The number of aromatic nitrogens is 2. The van der Waals surface area contributed by atoms with Crippen molar-refractivity contribution < 1.29 is 4.74 Å². The second-order valence-corrected chi connectivity index (χ2v) is 5.60. The van der Waals surface area contributed by atoms with Gasteiger partial charge in [0.05, 0.1) is 12.8 Å². The third-order valence-electron chi connectivity index (χ3n) is 4.25. The first-order valence-corrected chi connectivity index (χ1v) is 7.27. The Bertz CT molecular complexity index is 780. The second-order valence-electron chi connectivity index (χ2n) is 5.60. The SMILES string of the molecule is COc1ccn2c1-c1cc(-c3ccc(C)cc3)cn1CC2. The van der Waals surface area contributed by atoms with E-state index in [0.29, 0.717) is 0 Å². The van der Waals surface area contributed by atoms with Gasteiger partial charge < -0.3 is 13.9 Å². The lowest BCUT2D eigenvalue weighted by atomic mass is 10.1. The van der Waals surface area contributed by atoms with Crippen LogP contribution in [0.1, 0.15) is 5.56 Å². The maximum atomic E-state index is 5.51. The minimum absolute atomic E-state index is 0.949. The Labute approximate surface area is 124 Å². The Morgan fingerprint density at radius 3 is 2.48 bits per heavy atom. The van der Waals surface area contributed by atoms with E-state index >= 15 is 0 Å². The van der Waals surface area contributed by atoms with Crippen molar-refractivity contribution in [1.82, 2.24) is 9.13 Å². The second kappa shape index (κ2) is 4.55. The average molecular weight is 278 g/mol. The zero-order chi connectivity index (χ0) is 14.4. The number of methoxy groups -OCH3 is 1. The predicted molar refractivity (Wildman–Crippen MR) is 84.6 cm³/mol. The van der Waals surface area contributed by atoms with E-state index in [1.54, 1.807) is 7.11 Å². The molecule has 2 aromatic heterocycles. The van der Waals surface area contributed by atoms with Crippen LogP contribution in [0.2, 0.25) is 0 Å². The van der Waals surface area contributed by atoms with Gasteiger partial charge in [-0.3, -0.25) is 0 Å². The highest BCUT2D eigenvalue weighted by atomic mass is 16.5. The van der Waals surface area contributed by atoms with Crippen molar-refractivity contribution in [2.24, 2.45) is 0 Å². The Balaban J connectivity index is 1.84. The molecule has 0 radical (unpaired) electrons. The summed E-state index contributed by atoms with van der Waals surface area (Å²) in [6, 6.07) is 13.0. The number of rotatable bonds is 2. The number of hydrogen-bond donors (Lipinski definition) is 0. The van der Waals surface area contributed by atoms with Crippen molar-refractivity contribution in [2.45, 2.75) is 20.0 Å². The van der Waals surface area contributed by atoms with E-state index in [2.05, 4.69) is 58.8 Å². The van der Waals surface area contributed by atoms with Gasteiger partial charge >= 0.3 is 0 Å². The molecule has 0 atom stereocenters. The third kappa shape index (κ3) is 1.88. The molecule has 3 nitrogen and oxygen atoms in total. The maximum absolute atomic E-state index is 5.51. The molecule has 0 amide bonds. The van der Waals surface area contributed by atoms with Crippen LogP contribution in [-0.2, 0) is 13.1 Å². The van der Waals surface area contributed by atoms with Crippen LogP contribution in [0.15, 0.2) is 48.8 Å². The van der Waals surface area contributed by atoms with Gasteiger partial charge in [0.25, 0.3) is 0 Å². The smallest absolute Gasteiger partial charge is 0.146 e. The van der Waals surface area contributed by atoms with E-state index in [-0.39, 0.29) is 0 Å². The molecule has 4 rings (SSSR count). The van der Waals surface area contributed by atoms with E-state index in [1.807, 2.05) is 6.07 Å². The summed E-state index contributed by atoms with van der Waals surface area (Å²) in [4.78, 5) is 0. The van der Waals surface area contributed by atoms with E-state index in [4.69, 9.17) is 4.74 Å². The Hall–Kier alpha value is -2.42. The highest BCUT2D eigenvalue weighted by Gasteiger charge is 2.21. The molecule has 3 heteroatoms. The molecule has 3 heterocycles. The molecule has 0 spiro atoms. The standard InChI is InChI=1S/C18H18N2O/c1-13-3-5-14(6-4-13)15-11-16-18-17(21-2)7-8-19(18)9-10-20(16)12-15/h3-8,11-12H,9-10H2,1-2H3. The number of benzene rings is 1. The fourth-order valence-corrected chi connectivity index (χ4v) is 3.09. The Morgan fingerprint density at radius 1 is 0.952 bits per heavy atom. The molecule has 0 aliphatic carbocycles. The molecular weight excluding hydrogens is 260 g/mol. The van der Waals surface area contributed by atoms with Gasteiger partial charge in [0.2, 0.25) is 0 Å². The van der Waals surface area contributed by atoms with Gasteiger partial charge in [-0.15, -0.1) is 0 Å². The van der Waals surface area contributed by atoms with Crippen molar-refractivity contribution in [2.75, 3.05) is 7.11 Å². The molecule has 1 aliphatic heterocycles. The summed E-state index contributed by atoms with van der Waals surface area (Å²) in [5.41, 5.74) is 6.24. The van der Waals surface area contributed by atoms with E-state index < -0.39 is 0 Å². The summed E-state index contributed by atoms with van der Waals surface area (Å²) in [6.07, 6.45) is 4.35. The monoisotopic (exact) mass is 278 g/mol. The van der Waals surface area contributed by atoms with Crippen LogP contribution >= 0.6 is 0 Å². The van der Waals surface area contributed by atoms with Crippen LogP contribution in [0.4, 0.5) is 0 Å². The number of hydrogen-bond acceptors (Lipinski definition) is 1. The summed E-state index contributed by atoms with van der Waals surface area (Å²) in [5.74, 6) is 0.949. The summed E-state index contributed by atoms with van der Waals surface area (Å²) in [6.45, 7) is 4.12. The van der Waals surface area contributed by atoms with Crippen molar-refractivity contribution >= 4 is 0 Å². The minimum atomic E-state index is 0.949. The first-order chi connectivity index (χ1) is 10.3. The van der Waals surface area contributed by atoms with E-state index in [0.717, 1.165) is 18.8 Å². The van der Waals surface area contributed by atoms with Gasteiger partial charge in [-0.25, -0.2) is 0 Å². The predicted octanol–water partition coefficient (Wildman–Crippen LogP) is 3.95. The van der Waals surface area contributed by atoms with Gasteiger partial charge in [-0.2, -0.15) is 0 Å². The van der Waals surface area contributed by atoms with Gasteiger partial charge in [0, 0.05) is 31.0 Å². The molecule has 0 N–H and O–H groups in total. The lowest BCUT2D eigenvalue weighted by molar-refractivity contribution is 0.413. The minimum Gasteiger partial charge on any atom is -0.494 e. The first-order valence-electron chi connectivity index (χ1n) is 7.27. The van der Waals surface area contributed by atoms with Gasteiger partial charge in [0.15, 0.2) is 0 Å². The Kier molecular flexibility index (Phi) is 2.67.